The molecular formula is C15H15F3N4. The van der Waals surface area contributed by atoms with Crippen molar-refractivity contribution in [3.05, 3.63) is 41.1 Å². The van der Waals surface area contributed by atoms with Crippen LogP contribution in [0.5, 0.6) is 0 Å². The highest BCUT2D eigenvalue weighted by atomic mass is 19.4. The number of alkyl halides is 3. The Hall–Kier alpha value is -2.15. The second-order valence-electron chi connectivity index (χ2n) is 5.29. The summed E-state index contributed by atoms with van der Waals surface area (Å²) in [6.45, 7) is 0. The number of hydrazine groups is 1. The minimum absolute atomic E-state index is 0.212. The zero-order valence-electron chi connectivity index (χ0n) is 11.7. The summed E-state index contributed by atoms with van der Waals surface area (Å²) in [5.74, 6) is 4.93. The molecule has 22 heavy (non-hydrogen) atoms. The number of rotatable bonds is 2. The van der Waals surface area contributed by atoms with E-state index in [1.54, 1.807) is 6.07 Å². The van der Waals surface area contributed by atoms with E-state index in [9.17, 15) is 13.2 Å². The van der Waals surface area contributed by atoms with E-state index in [1.807, 2.05) is 12.1 Å². The van der Waals surface area contributed by atoms with E-state index in [0.717, 1.165) is 31.7 Å². The molecule has 0 bridgehead atoms. The lowest BCUT2D eigenvalue weighted by atomic mass is 9.90. The van der Waals surface area contributed by atoms with Gasteiger partial charge in [-0.1, -0.05) is 12.1 Å². The van der Waals surface area contributed by atoms with Gasteiger partial charge in [-0.05, 0) is 48.9 Å². The fraction of sp³-hybridized carbons (Fsp3) is 0.333. The van der Waals surface area contributed by atoms with E-state index >= 15 is 0 Å². The van der Waals surface area contributed by atoms with Crippen LogP contribution < -0.4 is 11.3 Å². The van der Waals surface area contributed by atoms with Crippen molar-refractivity contribution in [2.75, 3.05) is 5.43 Å². The Balaban J connectivity index is 2.07. The number of hydrogen-bond donors (Lipinski definition) is 2. The summed E-state index contributed by atoms with van der Waals surface area (Å²) < 4.78 is 38.7. The number of hydrogen-bond acceptors (Lipinski definition) is 4. The molecule has 0 saturated carbocycles. The summed E-state index contributed by atoms with van der Waals surface area (Å²) in [5, 5.41) is 0. The fourth-order valence-corrected chi connectivity index (χ4v) is 2.70. The van der Waals surface area contributed by atoms with Crippen LogP contribution in [0.25, 0.3) is 11.3 Å². The Bertz CT molecular complexity index is 698. The molecule has 4 nitrogen and oxygen atoms in total. The van der Waals surface area contributed by atoms with Crippen LogP contribution in [0, 0.1) is 0 Å². The summed E-state index contributed by atoms with van der Waals surface area (Å²) in [5.41, 5.74) is 4.37. The SMILES string of the molecule is NNc1nc(-c2ccc3c(c2)CCCC3)cc(C(F)(F)F)n1. The Morgan fingerprint density at radius 1 is 1.00 bits per heavy atom. The minimum Gasteiger partial charge on any atom is -0.292 e. The predicted octanol–water partition coefficient (Wildman–Crippen LogP) is 3.33. The molecule has 1 aromatic heterocycles. The Kier molecular flexibility index (Phi) is 3.74. The van der Waals surface area contributed by atoms with Gasteiger partial charge in [-0.2, -0.15) is 13.2 Å². The molecule has 0 fully saturated rings. The maximum absolute atomic E-state index is 12.9. The third-order valence-corrected chi connectivity index (χ3v) is 3.79. The maximum Gasteiger partial charge on any atom is 0.433 e. The lowest BCUT2D eigenvalue weighted by Gasteiger charge is -2.17. The molecule has 0 saturated heterocycles. The monoisotopic (exact) mass is 308 g/mol. The van der Waals surface area contributed by atoms with E-state index in [4.69, 9.17) is 5.84 Å². The number of anilines is 1. The molecule has 3 rings (SSSR count). The van der Waals surface area contributed by atoms with E-state index in [2.05, 4.69) is 15.4 Å². The summed E-state index contributed by atoms with van der Waals surface area (Å²) in [4.78, 5) is 7.40. The molecule has 1 aromatic carbocycles. The molecule has 1 heterocycles. The average molecular weight is 308 g/mol. The number of fused-ring (bicyclic) bond motifs is 1. The van der Waals surface area contributed by atoms with E-state index in [-0.39, 0.29) is 11.6 Å². The zero-order valence-corrected chi connectivity index (χ0v) is 11.7. The lowest BCUT2D eigenvalue weighted by molar-refractivity contribution is -0.141. The predicted molar refractivity (Wildman–Crippen MR) is 76.9 cm³/mol. The molecule has 116 valence electrons. The summed E-state index contributed by atoms with van der Waals surface area (Å²) in [6.07, 6.45) is -0.328. The Morgan fingerprint density at radius 3 is 2.41 bits per heavy atom. The van der Waals surface area contributed by atoms with Crippen molar-refractivity contribution in [3.8, 4) is 11.3 Å². The number of halogens is 3. The van der Waals surface area contributed by atoms with Gasteiger partial charge in [-0.15, -0.1) is 0 Å². The first-order valence-electron chi connectivity index (χ1n) is 7.02. The van der Waals surface area contributed by atoms with Crippen molar-refractivity contribution < 1.29 is 13.2 Å². The highest BCUT2D eigenvalue weighted by Gasteiger charge is 2.33. The fourth-order valence-electron chi connectivity index (χ4n) is 2.70. The van der Waals surface area contributed by atoms with Crippen molar-refractivity contribution in [1.82, 2.24) is 9.97 Å². The number of nitrogens with one attached hydrogen (secondary N) is 1. The van der Waals surface area contributed by atoms with Crippen molar-refractivity contribution in [2.45, 2.75) is 31.9 Å². The smallest absolute Gasteiger partial charge is 0.292 e. The second kappa shape index (κ2) is 5.57. The molecule has 7 heteroatoms. The first-order chi connectivity index (χ1) is 10.5. The van der Waals surface area contributed by atoms with E-state index in [1.165, 1.54) is 11.1 Å². The van der Waals surface area contributed by atoms with Gasteiger partial charge in [0, 0.05) is 5.56 Å². The number of nitrogen functional groups attached to an aromatic ring is 1. The first kappa shape index (κ1) is 14.8. The van der Waals surface area contributed by atoms with Gasteiger partial charge >= 0.3 is 6.18 Å². The topological polar surface area (TPSA) is 63.8 Å². The summed E-state index contributed by atoms with van der Waals surface area (Å²) in [6, 6.07) is 6.63. The molecule has 0 radical (unpaired) electrons. The second-order valence-corrected chi connectivity index (χ2v) is 5.29. The third kappa shape index (κ3) is 2.89. The molecule has 0 spiro atoms. The number of aryl methyl sites for hydroxylation is 2. The highest BCUT2D eigenvalue weighted by molar-refractivity contribution is 5.63. The third-order valence-electron chi connectivity index (χ3n) is 3.79. The van der Waals surface area contributed by atoms with Crippen molar-refractivity contribution in [2.24, 2.45) is 5.84 Å². The largest absolute Gasteiger partial charge is 0.433 e. The van der Waals surface area contributed by atoms with Crippen molar-refractivity contribution >= 4 is 5.95 Å². The first-order valence-corrected chi connectivity index (χ1v) is 7.02. The van der Waals surface area contributed by atoms with Crippen LogP contribution in [-0.2, 0) is 19.0 Å². The van der Waals surface area contributed by atoms with Crippen LogP contribution in [0.4, 0.5) is 19.1 Å². The normalized spacial score (nSPS) is 14.5. The quantitative estimate of drug-likeness (QED) is 0.660. The number of nitrogens with two attached hydrogens (primary N) is 1. The molecular weight excluding hydrogens is 293 g/mol. The molecule has 2 aromatic rings. The Morgan fingerprint density at radius 2 is 1.73 bits per heavy atom. The van der Waals surface area contributed by atoms with Crippen LogP contribution in [0.3, 0.4) is 0 Å². The van der Waals surface area contributed by atoms with Gasteiger partial charge in [0.05, 0.1) is 5.69 Å². The molecule has 1 aliphatic rings. The average Bonchev–Trinajstić information content (AvgIpc) is 2.53. The van der Waals surface area contributed by atoms with Gasteiger partial charge in [0.25, 0.3) is 0 Å². The van der Waals surface area contributed by atoms with Gasteiger partial charge in [0.1, 0.15) is 0 Å². The number of aromatic nitrogens is 2. The van der Waals surface area contributed by atoms with Crippen LogP contribution in [0.2, 0.25) is 0 Å². The van der Waals surface area contributed by atoms with E-state index in [0.29, 0.717) is 5.56 Å². The van der Waals surface area contributed by atoms with Gasteiger partial charge < -0.3 is 0 Å². The maximum atomic E-state index is 12.9. The van der Waals surface area contributed by atoms with Crippen LogP contribution in [0.15, 0.2) is 24.3 Å². The lowest BCUT2D eigenvalue weighted by Crippen LogP contribution is -2.16. The van der Waals surface area contributed by atoms with Gasteiger partial charge in [0.2, 0.25) is 5.95 Å². The zero-order chi connectivity index (χ0) is 15.7. The van der Waals surface area contributed by atoms with Crippen LogP contribution in [0.1, 0.15) is 29.7 Å². The van der Waals surface area contributed by atoms with E-state index < -0.39 is 11.9 Å². The molecule has 1 aliphatic carbocycles. The standard InChI is InChI=1S/C15H15F3N4/c16-15(17,18)13-8-12(20-14(21-13)22-19)11-6-5-9-3-1-2-4-10(9)7-11/h5-8H,1-4,19H2,(H,20,21,22). The molecule has 0 aliphatic heterocycles. The molecule has 0 unspecified atom stereocenters. The van der Waals surface area contributed by atoms with Gasteiger partial charge in [0.15, 0.2) is 5.69 Å². The van der Waals surface area contributed by atoms with Crippen molar-refractivity contribution in [1.29, 1.82) is 0 Å². The van der Waals surface area contributed by atoms with Crippen LogP contribution in [-0.4, -0.2) is 9.97 Å². The number of nitrogens with zero attached hydrogens (tertiary/aromatic N) is 2. The molecule has 0 amide bonds. The van der Waals surface area contributed by atoms with Gasteiger partial charge in [-0.3, -0.25) is 5.43 Å². The van der Waals surface area contributed by atoms with Crippen LogP contribution >= 0.6 is 0 Å². The minimum atomic E-state index is -4.54. The molecule has 3 N–H and O–H groups in total. The number of benzene rings is 1. The highest BCUT2D eigenvalue weighted by Crippen LogP contribution is 2.32. The summed E-state index contributed by atoms with van der Waals surface area (Å²) in [7, 11) is 0. The molecule has 0 atom stereocenters. The van der Waals surface area contributed by atoms with Crippen molar-refractivity contribution in [3.63, 3.8) is 0 Å². The Labute approximate surface area is 125 Å². The summed E-state index contributed by atoms with van der Waals surface area (Å²) >= 11 is 0. The van der Waals surface area contributed by atoms with Gasteiger partial charge in [-0.25, -0.2) is 15.8 Å².